The number of aromatic nitrogens is 2. The summed E-state index contributed by atoms with van der Waals surface area (Å²) in [6.45, 7) is 0. The minimum absolute atomic E-state index is 0.240. The smallest absolute Gasteiger partial charge is 0.117 e. The van der Waals surface area contributed by atoms with Crippen LogP contribution in [0.4, 0.5) is 11.4 Å². The van der Waals surface area contributed by atoms with Crippen LogP contribution < -0.4 is 5.32 Å². The van der Waals surface area contributed by atoms with E-state index in [9.17, 15) is 5.11 Å². The fraction of sp³-hybridized carbons (Fsp3) is 0. The Balaban J connectivity index is 0.000000166. The largest absolute Gasteiger partial charge is 0.508 e. The Morgan fingerprint density at radius 3 is 2.10 bits per heavy atom. The maximum Gasteiger partial charge on any atom is 0.117 e. The summed E-state index contributed by atoms with van der Waals surface area (Å²) in [6, 6.07) is 22.5. The van der Waals surface area contributed by atoms with Gasteiger partial charge in [-0.15, -0.1) is 0 Å². The van der Waals surface area contributed by atoms with Crippen molar-refractivity contribution in [2.24, 2.45) is 0 Å². The van der Waals surface area contributed by atoms with Crippen molar-refractivity contribution in [2.45, 2.75) is 0 Å². The molecule has 0 fully saturated rings. The van der Waals surface area contributed by atoms with Gasteiger partial charge in [0.25, 0.3) is 0 Å². The van der Waals surface area contributed by atoms with Crippen molar-refractivity contribution in [1.29, 1.82) is 0 Å². The van der Waals surface area contributed by atoms with Crippen molar-refractivity contribution in [2.75, 3.05) is 5.32 Å². The minimum Gasteiger partial charge on any atom is -0.508 e. The molecule has 0 unspecified atom stereocenters. The first-order valence-corrected chi connectivity index (χ1v) is 11.3. The average molecular weight is 558 g/mol. The molecule has 31 heavy (non-hydrogen) atoms. The van der Waals surface area contributed by atoms with Gasteiger partial charge in [-0.05, 0) is 60.7 Å². The third-order valence-electron chi connectivity index (χ3n) is 4.48. The Labute approximate surface area is 201 Å². The number of nitrogens with one attached hydrogen (secondary N) is 1. The normalized spacial score (nSPS) is 10.5. The third kappa shape index (κ3) is 5.34. The number of aromatic hydroxyl groups is 1. The molecule has 0 saturated carbocycles. The van der Waals surface area contributed by atoms with Crippen molar-refractivity contribution in [3.63, 3.8) is 0 Å². The van der Waals surface area contributed by atoms with E-state index in [1.165, 1.54) is 0 Å². The van der Waals surface area contributed by atoms with Gasteiger partial charge in [0.1, 0.15) is 5.75 Å². The zero-order chi connectivity index (χ0) is 21.8. The van der Waals surface area contributed by atoms with E-state index >= 15 is 0 Å². The van der Waals surface area contributed by atoms with Crippen LogP contribution in [0.3, 0.4) is 0 Å². The highest BCUT2D eigenvalue weighted by atomic mass is 79.9. The molecule has 3 aromatic carbocycles. The minimum atomic E-state index is 0.240. The predicted molar refractivity (Wildman–Crippen MR) is 135 cm³/mol. The molecule has 7 heteroatoms. The number of rotatable bonds is 2. The molecule has 0 radical (unpaired) electrons. The molecule has 0 atom stereocenters. The molecule has 4 nitrogen and oxygen atoms in total. The lowest BCUT2D eigenvalue weighted by Crippen LogP contribution is -1.92. The van der Waals surface area contributed by atoms with Gasteiger partial charge in [-0.3, -0.25) is 9.97 Å². The lowest BCUT2D eigenvalue weighted by molar-refractivity contribution is 0.475. The number of phenolic OH excluding ortho intramolecular Hbond substituents is 1. The summed E-state index contributed by atoms with van der Waals surface area (Å²) in [5.74, 6) is 0.240. The molecular weight excluding hydrogens is 542 g/mol. The SMILES string of the molecule is Clc1ccnc2ccc(Br)cc12.Oc1cccc(Nc2ccnc3ccc(Br)cc23)c1. The summed E-state index contributed by atoms with van der Waals surface area (Å²) in [5.41, 5.74) is 3.64. The second kappa shape index (κ2) is 9.64. The van der Waals surface area contributed by atoms with Crippen LogP contribution in [0.25, 0.3) is 21.8 Å². The lowest BCUT2D eigenvalue weighted by Gasteiger charge is -2.10. The molecular formula is C24H16Br2ClN3O. The fourth-order valence-corrected chi connectivity index (χ4v) is 3.98. The summed E-state index contributed by atoms with van der Waals surface area (Å²) in [7, 11) is 0. The fourth-order valence-electron chi connectivity index (χ4n) is 3.05. The first kappa shape index (κ1) is 21.6. The van der Waals surface area contributed by atoms with Crippen LogP contribution in [0.5, 0.6) is 5.75 Å². The highest BCUT2D eigenvalue weighted by molar-refractivity contribution is 9.10. The summed E-state index contributed by atoms with van der Waals surface area (Å²) in [4.78, 5) is 8.51. The van der Waals surface area contributed by atoms with Crippen LogP contribution in [0.15, 0.2) is 94.1 Å². The number of nitrogens with zero attached hydrogens (tertiary/aromatic N) is 2. The van der Waals surface area contributed by atoms with Crippen molar-refractivity contribution in [3.05, 3.63) is 99.2 Å². The van der Waals surface area contributed by atoms with E-state index < -0.39 is 0 Å². The summed E-state index contributed by atoms with van der Waals surface area (Å²) < 4.78 is 2.02. The Morgan fingerprint density at radius 1 is 0.742 bits per heavy atom. The van der Waals surface area contributed by atoms with Gasteiger partial charge in [0, 0.05) is 49.6 Å². The average Bonchev–Trinajstić information content (AvgIpc) is 2.75. The van der Waals surface area contributed by atoms with Gasteiger partial charge >= 0.3 is 0 Å². The number of phenols is 1. The Morgan fingerprint density at radius 2 is 1.39 bits per heavy atom. The van der Waals surface area contributed by atoms with Crippen molar-refractivity contribution < 1.29 is 5.11 Å². The summed E-state index contributed by atoms with van der Waals surface area (Å²) in [6.07, 6.45) is 3.47. The Kier molecular flexibility index (Phi) is 6.70. The van der Waals surface area contributed by atoms with Gasteiger partial charge in [0.15, 0.2) is 0 Å². The first-order chi connectivity index (χ1) is 15.0. The van der Waals surface area contributed by atoms with Crippen molar-refractivity contribution in [3.8, 4) is 5.75 Å². The van der Waals surface area contributed by atoms with Gasteiger partial charge in [0.05, 0.1) is 16.1 Å². The maximum absolute atomic E-state index is 9.49. The number of benzene rings is 3. The molecule has 2 N–H and O–H groups in total. The van der Waals surface area contributed by atoms with E-state index in [1.807, 2.05) is 48.5 Å². The van der Waals surface area contributed by atoms with Crippen LogP contribution in [0, 0.1) is 0 Å². The number of anilines is 2. The van der Waals surface area contributed by atoms with Gasteiger partial charge in [-0.2, -0.15) is 0 Å². The van der Waals surface area contributed by atoms with Crippen molar-refractivity contribution >= 4 is 76.6 Å². The molecule has 0 spiro atoms. The van der Waals surface area contributed by atoms with Crippen LogP contribution >= 0.6 is 43.5 Å². The standard InChI is InChI=1S/C15H11BrN2O.C9H5BrClN/c16-10-4-5-14-13(8-10)15(6-7-17-14)18-11-2-1-3-12(19)9-11;10-6-1-2-9-7(5-6)8(11)3-4-12-9/h1-9,19H,(H,17,18);1-5H. The topological polar surface area (TPSA) is 58.0 Å². The lowest BCUT2D eigenvalue weighted by atomic mass is 10.2. The molecule has 0 saturated heterocycles. The monoisotopic (exact) mass is 555 g/mol. The van der Waals surface area contributed by atoms with E-state index in [2.05, 4.69) is 47.1 Å². The zero-order valence-electron chi connectivity index (χ0n) is 16.1. The summed E-state index contributed by atoms with van der Waals surface area (Å²) >= 11 is 12.8. The van der Waals surface area contributed by atoms with E-state index in [1.54, 1.807) is 36.7 Å². The molecule has 0 bridgehead atoms. The highest BCUT2D eigenvalue weighted by Crippen LogP contribution is 2.28. The third-order valence-corrected chi connectivity index (χ3v) is 5.80. The Bertz CT molecular complexity index is 1380. The van der Waals surface area contributed by atoms with Gasteiger partial charge in [-0.1, -0.05) is 49.5 Å². The molecule has 2 aromatic heterocycles. The highest BCUT2D eigenvalue weighted by Gasteiger charge is 2.03. The van der Waals surface area contributed by atoms with Crippen LogP contribution in [0.1, 0.15) is 0 Å². The molecule has 0 aliphatic heterocycles. The van der Waals surface area contributed by atoms with Gasteiger partial charge < -0.3 is 10.4 Å². The number of halogens is 3. The molecule has 0 aliphatic carbocycles. The van der Waals surface area contributed by atoms with E-state index in [0.717, 1.165) is 47.1 Å². The first-order valence-electron chi connectivity index (χ1n) is 9.30. The number of hydrogen-bond donors (Lipinski definition) is 2. The zero-order valence-corrected chi connectivity index (χ0v) is 20.0. The second-order valence-electron chi connectivity index (χ2n) is 6.65. The number of pyridine rings is 2. The van der Waals surface area contributed by atoms with Gasteiger partial charge in [-0.25, -0.2) is 0 Å². The van der Waals surface area contributed by atoms with Crippen LogP contribution in [-0.4, -0.2) is 15.1 Å². The van der Waals surface area contributed by atoms with Crippen LogP contribution in [0.2, 0.25) is 5.02 Å². The van der Waals surface area contributed by atoms with Crippen molar-refractivity contribution in [1.82, 2.24) is 9.97 Å². The second-order valence-corrected chi connectivity index (χ2v) is 8.89. The summed E-state index contributed by atoms with van der Waals surface area (Å²) in [5, 5.41) is 15.5. The number of fused-ring (bicyclic) bond motifs is 2. The predicted octanol–water partition coefficient (Wildman–Crippen LogP) is 8.10. The molecule has 5 aromatic rings. The van der Waals surface area contributed by atoms with E-state index in [-0.39, 0.29) is 5.75 Å². The molecule has 0 amide bonds. The maximum atomic E-state index is 9.49. The quantitative estimate of drug-likeness (QED) is 0.230. The molecule has 0 aliphatic rings. The molecule has 2 heterocycles. The van der Waals surface area contributed by atoms with Crippen LogP contribution in [-0.2, 0) is 0 Å². The van der Waals surface area contributed by atoms with Gasteiger partial charge in [0.2, 0.25) is 0 Å². The van der Waals surface area contributed by atoms with E-state index in [0.29, 0.717) is 0 Å². The molecule has 5 rings (SSSR count). The molecule has 154 valence electrons. The van der Waals surface area contributed by atoms with E-state index in [4.69, 9.17) is 11.6 Å². The number of hydrogen-bond acceptors (Lipinski definition) is 4. The Hall–Kier alpha value is -2.67.